The molecule has 0 aliphatic rings. The van der Waals surface area contributed by atoms with Crippen LogP contribution in [0.1, 0.15) is 5.56 Å². The third-order valence-corrected chi connectivity index (χ3v) is 3.40. The number of pyridine rings is 1. The van der Waals surface area contributed by atoms with Gasteiger partial charge in [-0.3, -0.25) is 0 Å². The van der Waals surface area contributed by atoms with Crippen molar-refractivity contribution in [1.82, 2.24) is 10.3 Å². The molecule has 0 saturated heterocycles. The van der Waals surface area contributed by atoms with Gasteiger partial charge in [0.25, 0.3) is 5.88 Å². The second-order valence-electron chi connectivity index (χ2n) is 3.92. The van der Waals surface area contributed by atoms with Crippen LogP contribution in [-0.2, 0) is 6.54 Å². The first-order chi connectivity index (χ1) is 9.52. The number of rotatable bonds is 4. The summed E-state index contributed by atoms with van der Waals surface area (Å²) in [5.41, 5.74) is 0.406. The number of benzene rings is 1. The van der Waals surface area contributed by atoms with E-state index in [1.54, 1.807) is 7.05 Å². The molecule has 1 N–H and O–H groups in total. The predicted octanol–water partition coefficient (Wildman–Crippen LogP) is 4.29. The Balaban J connectivity index is 2.35. The molecule has 20 heavy (non-hydrogen) atoms. The van der Waals surface area contributed by atoms with Crippen LogP contribution in [0, 0.1) is 11.6 Å². The molecule has 2 aromatic rings. The molecule has 0 amide bonds. The van der Waals surface area contributed by atoms with Gasteiger partial charge in [0.1, 0.15) is 11.6 Å². The molecule has 2 rings (SSSR count). The van der Waals surface area contributed by atoms with Crippen molar-refractivity contribution < 1.29 is 13.5 Å². The van der Waals surface area contributed by atoms with Gasteiger partial charge in [-0.2, -0.15) is 0 Å². The summed E-state index contributed by atoms with van der Waals surface area (Å²) in [4.78, 5) is 3.81. The van der Waals surface area contributed by atoms with Crippen molar-refractivity contribution >= 4 is 27.5 Å². The van der Waals surface area contributed by atoms with Crippen LogP contribution < -0.4 is 10.1 Å². The molecule has 0 aliphatic heterocycles. The van der Waals surface area contributed by atoms with Gasteiger partial charge in [-0.1, -0.05) is 11.6 Å². The molecule has 3 nitrogen and oxygen atoms in total. The van der Waals surface area contributed by atoms with E-state index in [2.05, 4.69) is 26.2 Å². The van der Waals surface area contributed by atoms with Crippen molar-refractivity contribution in [1.29, 1.82) is 0 Å². The van der Waals surface area contributed by atoms with Gasteiger partial charge in [0.05, 0.1) is 9.50 Å². The standard InChI is InChI=1S/C13H10BrClF2N2O/c1-18-6-7-2-3-19-13(12(7)17)20-11-5-10(16)9(15)4-8(11)14/h2-5,18H,6H2,1H3. The average molecular weight is 364 g/mol. The third kappa shape index (κ3) is 3.26. The Bertz CT molecular complexity index is 640. The fourth-order valence-corrected chi connectivity index (χ4v) is 2.27. The van der Waals surface area contributed by atoms with Crippen molar-refractivity contribution in [2.75, 3.05) is 7.05 Å². The molecule has 0 bridgehead atoms. The van der Waals surface area contributed by atoms with Crippen LogP contribution in [0.2, 0.25) is 5.02 Å². The van der Waals surface area contributed by atoms with E-state index in [-0.39, 0.29) is 16.7 Å². The smallest absolute Gasteiger partial charge is 0.256 e. The van der Waals surface area contributed by atoms with Crippen molar-refractivity contribution in [3.8, 4) is 11.6 Å². The van der Waals surface area contributed by atoms with Crippen LogP contribution >= 0.6 is 27.5 Å². The summed E-state index contributed by atoms with van der Waals surface area (Å²) in [7, 11) is 1.70. The van der Waals surface area contributed by atoms with Gasteiger partial charge in [-0.25, -0.2) is 13.8 Å². The molecule has 1 aromatic carbocycles. The van der Waals surface area contributed by atoms with Crippen molar-refractivity contribution in [2.45, 2.75) is 6.54 Å². The Morgan fingerprint density at radius 2 is 2.15 bits per heavy atom. The lowest BCUT2D eigenvalue weighted by Gasteiger charge is -2.10. The molecule has 0 unspecified atom stereocenters. The number of nitrogens with one attached hydrogen (secondary N) is 1. The molecule has 0 radical (unpaired) electrons. The van der Waals surface area contributed by atoms with Gasteiger partial charge in [0.2, 0.25) is 0 Å². The minimum absolute atomic E-state index is 0.0541. The maximum absolute atomic E-state index is 14.1. The Hall–Kier alpha value is -1.24. The number of halogens is 4. The Morgan fingerprint density at radius 3 is 2.85 bits per heavy atom. The van der Waals surface area contributed by atoms with E-state index in [9.17, 15) is 8.78 Å². The number of hydrogen-bond donors (Lipinski definition) is 1. The summed E-state index contributed by atoms with van der Waals surface area (Å²) in [6, 6.07) is 3.94. The lowest BCUT2D eigenvalue weighted by Crippen LogP contribution is -2.08. The van der Waals surface area contributed by atoms with Gasteiger partial charge >= 0.3 is 0 Å². The lowest BCUT2D eigenvalue weighted by atomic mass is 10.2. The van der Waals surface area contributed by atoms with Gasteiger partial charge in [-0.05, 0) is 35.1 Å². The van der Waals surface area contributed by atoms with Crippen LogP contribution in [0.15, 0.2) is 28.9 Å². The Morgan fingerprint density at radius 1 is 1.40 bits per heavy atom. The Labute approximate surface area is 128 Å². The largest absolute Gasteiger partial charge is 0.435 e. The number of nitrogens with zero attached hydrogens (tertiary/aromatic N) is 1. The summed E-state index contributed by atoms with van der Waals surface area (Å²) in [5, 5.41) is 2.78. The summed E-state index contributed by atoms with van der Waals surface area (Å²) in [6.45, 7) is 0.334. The van der Waals surface area contributed by atoms with Crippen LogP contribution in [0.3, 0.4) is 0 Å². The maximum Gasteiger partial charge on any atom is 0.256 e. The van der Waals surface area contributed by atoms with E-state index in [1.807, 2.05) is 0 Å². The van der Waals surface area contributed by atoms with Crippen LogP contribution in [0.25, 0.3) is 0 Å². The zero-order valence-electron chi connectivity index (χ0n) is 10.4. The van der Waals surface area contributed by atoms with Gasteiger partial charge in [0, 0.05) is 24.4 Å². The molecule has 0 atom stereocenters. The summed E-state index contributed by atoms with van der Waals surface area (Å²) in [6.07, 6.45) is 1.42. The first kappa shape index (κ1) is 15.2. The van der Waals surface area contributed by atoms with E-state index in [1.165, 1.54) is 18.3 Å². The molecule has 1 aromatic heterocycles. The highest BCUT2D eigenvalue weighted by atomic mass is 79.9. The minimum Gasteiger partial charge on any atom is -0.435 e. The van der Waals surface area contributed by atoms with E-state index < -0.39 is 11.6 Å². The number of hydrogen-bond acceptors (Lipinski definition) is 3. The molecule has 7 heteroatoms. The monoisotopic (exact) mass is 362 g/mol. The van der Waals surface area contributed by atoms with Gasteiger partial charge in [-0.15, -0.1) is 0 Å². The first-order valence-corrected chi connectivity index (χ1v) is 6.80. The van der Waals surface area contributed by atoms with Gasteiger partial charge in [0.15, 0.2) is 5.82 Å². The zero-order chi connectivity index (χ0) is 14.7. The fourth-order valence-electron chi connectivity index (χ4n) is 1.55. The molecular weight excluding hydrogens is 354 g/mol. The van der Waals surface area contributed by atoms with E-state index in [4.69, 9.17) is 16.3 Å². The second-order valence-corrected chi connectivity index (χ2v) is 5.18. The SMILES string of the molecule is CNCc1ccnc(Oc2cc(F)c(Cl)cc2Br)c1F. The summed E-state index contributed by atoms with van der Waals surface area (Å²) in [5.74, 6) is -1.37. The van der Waals surface area contributed by atoms with Crippen molar-refractivity contribution in [3.05, 3.63) is 51.1 Å². The summed E-state index contributed by atoms with van der Waals surface area (Å²) >= 11 is 8.80. The zero-order valence-corrected chi connectivity index (χ0v) is 12.7. The predicted molar refractivity (Wildman–Crippen MR) is 76.1 cm³/mol. The fraction of sp³-hybridized carbons (Fsp3) is 0.154. The lowest BCUT2D eigenvalue weighted by molar-refractivity contribution is 0.413. The normalized spacial score (nSPS) is 10.7. The van der Waals surface area contributed by atoms with E-state index in [0.29, 0.717) is 16.6 Å². The highest BCUT2D eigenvalue weighted by Gasteiger charge is 2.14. The third-order valence-electron chi connectivity index (χ3n) is 2.49. The molecule has 0 spiro atoms. The number of aromatic nitrogens is 1. The van der Waals surface area contributed by atoms with E-state index in [0.717, 1.165) is 6.07 Å². The Kier molecular flexibility index (Phi) is 4.91. The average Bonchev–Trinajstić information content (AvgIpc) is 2.40. The highest BCUT2D eigenvalue weighted by Crippen LogP contribution is 2.34. The van der Waals surface area contributed by atoms with E-state index >= 15 is 0 Å². The minimum atomic E-state index is -0.656. The van der Waals surface area contributed by atoms with Gasteiger partial charge < -0.3 is 10.1 Å². The molecule has 1 heterocycles. The van der Waals surface area contributed by atoms with Crippen LogP contribution in [0.4, 0.5) is 8.78 Å². The van der Waals surface area contributed by atoms with Crippen LogP contribution in [0.5, 0.6) is 11.6 Å². The first-order valence-electron chi connectivity index (χ1n) is 5.63. The number of ether oxygens (including phenoxy) is 1. The quantitative estimate of drug-likeness (QED) is 0.823. The molecule has 0 saturated carbocycles. The van der Waals surface area contributed by atoms with Crippen molar-refractivity contribution in [2.24, 2.45) is 0 Å². The molecule has 0 fully saturated rings. The van der Waals surface area contributed by atoms with Crippen LogP contribution in [-0.4, -0.2) is 12.0 Å². The highest BCUT2D eigenvalue weighted by molar-refractivity contribution is 9.10. The molecule has 106 valence electrons. The second kappa shape index (κ2) is 6.47. The summed E-state index contributed by atoms with van der Waals surface area (Å²) < 4.78 is 33.2. The van der Waals surface area contributed by atoms with Crippen molar-refractivity contribution in [3.63, 3.8) is 0 Å². The topological polar surface area (TPSA) is 34.2 Å². The molecular formula is C13H10BrClF2N2O. The maximum atomic E-state index is 14.1. The molecule has 0 aliphatic carbocycles.